The minimum Gasteiger partial charge on any atom is -0.338 e. The summed E-state index contributed by atoms with van der Waals surface area (Å²) in [5.41, 5.74) is 0.555. The Balaban J connectivity index is 1.77. The van der Waals surface area contributed by atoms with Gasteiger partial charge in [0.2, 0.25) is 5.95 Å². The van der Waals surface area contributed by atoms with Crippen molar-refractivity contribution < 1.29 is 17.2 Å². The van der Waals surface area contributed by atoms with Crippen molar-refractivity contribution in [2.45, 2.75) is 4.90 Å². The number of sulfonamides is 1. The number of nitrogens with one attached hydrogen (secondary N) is 1. The smallest absolute Gasteiger partial charge is 0.266 e. The van der Waals surface area contributed by atoms with Gasteiger partial charge in [0.25, 0.3) is 10.0 Å². The molecule has 30 heavy (non-hydrogen) atoms. The number of piperazine rings is 1. The van der Waals surface area contributed by atoms with Gasteiger partial charge in [0, 0.05) is 37.6 Å². The highest BCUT2D eigenvalue weighted by Gasteiger charge is 2.25. The number of anilines is 2. The Morgan fingerprint density at radius 1 is 1.03 bits per heavy atom. The maximum absolute atomic E-state index is 14.2. The van der Waals surface area contributed by atoms with Crippen molar-refractivity contribution in [1.82, 2.24) is 14.9 Å². The lowest BCUT2D eigenvalue weighted by atomic mass is 10.2. The topological polar surface area (TPSA) is 78.4 Å². The second-order valence-corrected chi connectivity index (χ2v) is 9.49. The van der Waals surface area contributed by atoms with E-state index >= 15 is 0 Å². The van der Waals surface area contributed by atoms with Gasteiger partial charge in [-0.1, -0.05) is 12.1 Å². The summed E-state index contributed by atoms with van der Waals surface area (Å²) in [7, 11) is -2.35. The van der Waals surface area contributed by atoms with Crippen LogP contribution >= 0.6 is 15.9 Å². The molecule has 7 nitrogen and oxygen atoms in total. The number of halogens is 3. The molecule has 1 aromatic heterocycles. The number of fused-ring (bicyclic) bond motifs is 1. The minimum absolute atomic E-state index is 0.0365. The number of aromatic nitrogens is 2. The quantitative estimate of drug-likeness (QED) is 0.557. The van der Waals surface area contributed by atoms with E-state index in [0.29, 0.717) is 36.0 Å². The van der Waals surface area contributed by atoms with E-state index in [4.69, 9.17) is 0 Å². The average molecular weight is 498 g/mol. The van der Waals surface area contributed by atoms with Crippen LogP contribution in [0.25, 0.3) is 10.9 Å². The molecule has 0 atom stereocenters. The summed E-state index contributed by atoms with van der Waals surface area (Å²) in [6.45, 7) is 3.04. The first-order valence-corrected chi connectivity index (χ1v) is 11.4. The molecule has 0 radical (unpaired) electrons. The average Bonchev–Trinajstić information content (AvgIpc) is 2.71. The zero-order chi connectivity index (χ0) is 21.5. The van der Waals surface area contributed by atoms with Crippen LogP contribution in [-0.2, 0) is 10.0 Å². The van der Waals surface area contributed by atoms with Crippen molar-refractivity contribution in [3.63, 3.8) is 0 Å². The normalized spacial score (nSPS) is 15.5. The zero-order valence-corrected chi connectivity index (χ0v) is 18.3. The molecule has 0 saturated carbocycles. The first kappa shape index (κ1) is 20.9. The van der Waals surface area contributed by atoms with E-state index in [-0.39, 0.29) is 10.3 Å². The van der Waals surface area contributed by atoms with Gasteiger partial charge in [-0.2, -0.15) is 4.98 Å². The van der Waals surface area contributed by atoms with Crippen molar-refractivity contribution in [3.8, 4) is 0 Å². The van der Waals surface area contributed by atoms with Gasteiger partial charge < -0.3 is 9.80 Å². The summed E-state index contributed by atoms with van der Waals surface area (Å²) in [6, 6.07) is 8.36. The number of nitrogens with zero attached hydrogens (tertiary/aromatic N) is 4. The largest absolute Gasteiger partial charge is 0.338 e. The molecule has 2 aromatic carbocycles. The number of hydrogen-bond donors (Lipinski definition) is 1. The summed E-state index contributed by atoms with van der Waals surface area (Å²) in [5.74, 6) is -1.66. The molecule has 0 aliphatic carbocycles. The van der Waals surface area contributed by atoms with Crippen LogP contribution < -0.4 is 9.62 Å². The van der Waals surface area contributed by atoms with Crippen LogP contribution in [0.15, 0.2) is 45.8 Å². The summed E-state index contributed by atoms with van der Waals surface area (Å²) in [6.07, 6.45) is 0. The van der Waals surface area contributed by atoms with Gasteiger partial charge in [0.1, 0.15) is 16.5 Å². The van der Waals surface area contributed by atoms with Crippen LogP contribution in [0.1, 0.15) is 0 Å². The minimum atomic E-state index is -4.37. The van der Waals surface area contributed by atoms with E-state index in [1.165, 1.54) is 0 Å². The molecule has 2 heterocycles. The van der Waals surface area contributed by atoms with Gasteiger partial charge in [0.15, 0.2) is 5.82 Å². The zero-order valence-electron chi connectivity index (χ0n) is 15.9. The first-order valence-electron chi connectivity index (χ1n) is 9.12. The van der Waals surface area contributed by atoms with E-state index in [0.717, 1.165) is 19.2 Å². The SMILES string of the molecule is CN1CCN(c2nc(NS(=O)(=O)c3cc(Br)c(F)cc3F)c3ccccc3n2)CC1. The highest BCUT2D eigenvalue weighted by atomic mass is 79.9. The second-order valence-electron chi connectivity index (χ2n) is 6.98. The highest BCUT2D eigenvalue weighted by molar-refractivity contribution is 9.10. The Hall–Kier alpha value is -2.37. The number of rotatable bonds is 4. The van der Waals surface area contributed by atoms with E-state index in [1.54, 1.807) is 24.3 Å². The predicted octanol–water partition coefficient (Wildman–Crippen LogP) is 3.22. The lowest BCUT2D eigenvalue weighted by molar-refractivity contribution is 0.311. The molecule has 3 aromatic rings. The maximum atomic E-state index is 14.2. The van der Waals surface area contributed by atoms with Crippen LogP contribution in [0.2, 0.25) is 0 Å². The van der Waals surface area contributed by atoms with Crippen molar-refractivity contribution in [2.75, 3.05) is 42.8 Å². The van der Waals surface area contributed by atoms with E-state index < -0.39 is 26.6 Å². The van der Waals surface area contributed by atoms with E-state index in [9.17, 15) is 17.2 Å². The van der Waals surface area contributed by atoms with E-state index in [1.807, 2.05) is 11.9 Å². The van der Waals surface area contributed by atoms with Crippen LogP contribution in [0.4, 0.5) is 20.5 Å². The van der Waals surface area contributed by atoms with Crippen molar-refractivity contribution in [1.29, 1.82) is 0 Å². The van der Waals surface area contributed by atoms with Gasteiger partial charge in [-0.15, -0.1) is 0 Å². The number of benzene rings is 2. The molecule has 1 aliphatic heterocycles. The summed E-state index contributed by atoms with van der Waals surface area (Å²) in [4.78, 5) is 12.5. The summed E-state index contributed by atoms with van der Waals surface area (Å²) < 4.78 is 55.7. The summed E-state index contributed by atoms with van der Waals surface area (Å²) in [5, 5.41) is 0.473. The fraction of sp³-hybridized carbons (Fsp3) is 0.263. The van der Waals surface area contributed by atoms with E-state index in [2.05, 4.69) is 35.5 Å². The maximum Gasteiger partial charge on any atom is 0.266 e. The molecule has 158 valence electrons. The Morgan fingerprint density at radius 2 is 1.73 bits per heavy atom. The monoisotopic (exact) mass is 497 g/mol. The highest BCUT2D eigenvalue weighted by Crippen LogP contribution is 2.29. The third-order valence-electron chi connectivity index (χ3n) is 4.87. The van der Waals surface area contributed by atoms with Gasteiger partial charge in [0.05, 0.1) is 9.99 Å². The Labute approximate surface area is 180 Å². The fourth-order valence-corrected chi connectivity index (χ4v) is 4.79. The third kappa shape index (κ3) is 4.09. The fourth-order valence-electron chi connectivity index (χ4n) is 3.18. The van der Waals surface area contributed by atoms with Crippen LogP contribution in [0.5, 0.6) is 0 Å². The van der Waals surface area contributed by atoms with Gasteiger partial charge in [-0.25, -0.2) is 22.2 Å². The van der Waals surface area contributed by atoms with Crippen molar-refractivity contribution in [2.24, 2.45) is 0 Å². The standard InChI is InChI=1S/C19H18BrF2N5O2S/c1-26-6-8-27(9-7-26)19-23-16-5-3-2-4-12(16)18(24-19)25-30(28,29)17-10-13(20)14(21)11-15(17)22/h2-5,10-11H,6-9H2,1H3,(H,23,24,25). The predicted molar refractivity (Wildman–Crippen MR) is 114 cm³/mol. The first-order chi connectivity index (χ1) is 14.2. The molecule has 4 rings (SSSR count). The number of hydrogen-bond acceptors (Lipinski definition) is 6. The molecular formula is C19H18BrF2N5O2S. The van der Waals surface area contributed by atoms with Gasteiger partial charge >= 0.3 is 0 Å². The molecule has 0 amide bonds. The molecule has 0 bridgehead atoms. The molecular weight excluding hydrogens is 480 g/mol. The molecule has 0 spiro atoms. The molecule has 1 N–H and O–H groups in total. The van der Waals surface area contributed by atoms with Crippen molar-refractivity contribution >= 4 is 48.6 Å². The molecule has 1 saturated heterocycles. The Bertz CT molecular complexity index is 1220. The van der Waals surface area contributed by atoms with Crippen LogP contribution in [0, 0.1) is 11.6 Å². The summed E-state index contributed by atoms with van der Waals surface area (Å²) >= 11 is 2.90. The van der Waals surface area contributed by atoms with Crippen molar-refractivity contribution in [3.05, 3.63) is 52.5 Å². The molecule has 1 aliphatic rings. The van der Waals surface area contributed by atoms with Crippen LogP contribution in [0.3, 0.4) is 0 Å². The lowest BCUT2D eigenvalue weighted by Gasteiger charge is -2.32. The molecule has 1 fully saturated rings. The van der Waals surface area contributed by atoms with Gasteiger partial charge in [-0.05, 0) is 41.2 Å². The third-order valence-corrected chi connectivity index (χ3v) is 6.83. The molecule has 11 heteroatoms. The number of para-hydroxylation sites is 1. The lowest BCUT2D eigenvalue weighted by Crippen LogP contribution is -2.45. The Kier molecular flexibility index (Phi) is 5.60. The Morgan fingerprint density at radius 3 is 2.47 bits per heavy atom. The van der Waals surface area contributed by atoms with Gasteiger partial charge in [-0.3, -0.25) is 4.72 Å². The second kappa shape index (κ2) is 8.05. The van der Waals surface area contributed by atoms with Crippen LogP contribution in [-0.4, -0.2) is 56.5 Å². The number of likely N-dealkylation sites (N-methyl/N-ethyl adjacent to an activating group) is 1. The molecule has 0 unspecified atom stereocenters.